The average Bonchev–Trinajstić information content (AvgIpc) is 2.95. The van der Waals surface area contributed by atoms with E-state index in [4.69, 9.17) is 4.74 Å². The number of unbranched alkanes of at least 4 members (excludes halogenated alkanes) is 1. The smallest absolute Gasteiger partial charge is 0.329 e. The molecule has 10 nitrogen and oxygen atoms in total. The molecule has 1 aromatic rings. The Morgan fingerprint density at radius 3 is 2.39 bits per heavy atom. The van der Waals surface area contributed by atoms with Gasteiger partial charge in [-0.25, -0.2) is 4.79 Å². The van der Waals surface area contributed by atoms with Gasteiger partial charge in [-0.05, 0) is 37.7 Å². The molecule has 3 amide bonds. The van der Waals surface area contributed by atoms with Gasteiger partial charge in [-0.15, -0.1) is 0 Å². The van der Waals surface area contributed by atoms with Gasteiger partial charge in [0.25, 0.3) is 0 Å². The molecule has 5 atom stereocenters. The second-order valence-corrected chi connectivity index (χ2v) is 11.5. The number of carboxylic acids is 1. The molecule has 10 heteroatoms. The third-order valence-electron chi connectivity index (χ3n) is 8.16. The fourth-order valence-corrected chi connectivity index (χ4v) is 5.80. The number of ether oxygens (including phenoxy) is 1. The minimum Gasteiger partial charge on any atom is -0.481 e. The highest BCUT2D eigenvalue weighted by molar-refractivity contribution is 5.95. The third-order valence-corrected chi connectivity index (χ3v) is 8.16. The average molecular weight is 572 g/mol. The molecule has 1 aliphatic carbocycles. The van der Waals surface area contributed by atoms with Crippen molar-refractivity contribution < 1.29 is 33.8 Å². The zero-order valence-electron chi connectivity index (χ0n) is 24.5. The van der Waals surface area contributed by atoms with Crippen LogP contribution in [0, 0.1) is 5.92 Å². The molecule has 2 aliphatic rings. The Bertz CT molecular complexity index is 1060. The molecule has 0 unspecified atom stereocenters. The summed E-state index contributed by atoms with van der Waals surface area (Å²) >= 11 is 0. The maximum absolute atomic E-state index is 13.9. The van der Waals surface area contributed by atoms with E-state index in [9.17, 15) is 29.1 Å². The quantitative estimate of drug-likeness (QED) is 0.386. The van der Waals surface area contributed by atoms with E-state index in [2.05, 4.69) is 10.6 Å². The van der Waals surface area contributed by atoms with E-state index in [-0.39, 0.29) is 24.8 Å². The van der Waals surface area contributed by atoms with Gasteiger partial charge in [0.1, 0.15) is 24.2 Å². The van der Waals surface area contributed by atoms with Crippen LogP contribution in [0.25, 0.3) is 0 Å². The molecule has 0 spiro atoms. The predicted molar refractivity (Wildman–Crippen MR) is 153 cm³/mol. The van der Waals surface area contributed by atoms with Gasteiger partial charge in [0.15, 0.2) is 0 Å². The van der Waals surface area contributed by atoms with Crippen LogP contribution in [0.3, 0.4) is 0 Å². The Hall–Kier alpha value is -3.43. The van der Waals surface area contributed by atoms with Gasteiger partial charge >= 0.3 is 11.9 Å². The summed E-state index contributed by atoms with van der Waals surface area (Å²) in [5.74, 6) is -3.78. The highest BCUT2D eigenvalue weighted by Crippen LogP contribution is 2.28. The van der Waals surface area contributed by atoms with Crippen molar-refractivity contribution >= 4 is 29.7 Å². The molecule has 2 fully saturated rings. The fraction of sp³-hybridized carbons (Fsp3) is 0.645. The fourth-order valence-electron chi connectivity index (χ4n) is 5.80. The van der Waals surface area contributed by atoms with Crippen LogP contribution in [0.1, 0.15) is 90.5 Å². The third kappa shape index (κ3) is 9.30. The number of hydrogen-bond acceptors (Lipinski definition) is 6. The van der Waals surface area contributed by atoms with Crippen molar-refractivity contribution in [3.8, 4) is 0 Å². The molecular formula is C31H45N3O7. The van der Waals surface area contributed by atoms with Crippen LogP contribution in [0.2, 0.25) is 0 Å². The number of esters is 1. The lowest BCUT2D eigenvalue weighted by atomic mass is 9.91. The van der Waals surface area contributed by atoms with Gasteiger partial charge in [-0.1, -0.05) is 76.3 Å². The highest BCUT2D eigenvalue weighted by atomic mass is 16.5. The summed E-state index contributed by atoms with van der Waals surface area (Å²) < 4.78 is 5.93. The number of nitrogens with one attached hydrogen (secondary N) is 2. The number of cyclic esters (lactones) is 1. The van der Waals surface area contributed by atoms with Crippen molar-refractivity contribution in [3.63, 3.8) is 0 Å². The van der Waals surface area contributed by atoms with Crippen LogP contribution in [0.4, 0.5) is 0 Å². The molecule has 1 heterocycles. The van der Waals surface area contributed by atoms with E-state index >= 15 is 0 Å². The van der Waals surface area contributed by atoms with Gasteiger partial charge in [-0.2, -0.15) is 0 Å². The van der Waals surface area contributed by atoms with Gasteiger partial charge in [-0.3, -0.25) is 19.2 Å². The van der Waals surface area contributed by atoms with Crippen LogP contribution >= 0.6 is 0 Å². The van der Waals surface area contributed by atoms with Crippen molar-refractivity contribution in [2.75, 3.05) is 0 Å². The lowest BCUT2D eigenvalue weighted by Gasteiger charge is -2.40. The summed E-state index contributed by atoms with van der Waals surface area (Å²) in [5.41, 5.74) is 0.834. The minimum atomic E-state index is -1.37. The van der Waals surface area contributed by atoms with Gasteiger partial charge in [0, 0.05) is 12.5 Å². The van der Waals surface area contributed by atoms with E-state index < -0.39 is 60.3 Å². The number of nitrogens with zero attached hydrogens (tertiary/aromatic N) is 1. The molecule has 0 aromatic heterocycles. The molecule has 1 aromatic carbocycles. The number of carboxylic acid groups (broad SMARTS) is 1. The summed E-state index contributed by atoms with van der Waals surface area (Å²) in [6, 6.07) is 5.52. The lowest BCUT2D eigenvalue weighted by molar-refractivity contribution is -0.168. The molecule has 3 N–H and O–H groups in total. The maximum atomic E-state index is 13.9. The minimum absolute atomic E-state index is 0.179. The van der Waals surface area contributed by atoms with Crippen molar-refractivity contribution in [1.29, 1.82) is 0 Å². The summed E-state index contributed by atoms with van der Waals surface area (Å²) in [5, 5.41) is 15.3. The number of carbonyl (C=O) groups excluding carboxylic acids is 4. The van der Waals surface area contributed by atoms with Crippen molar-refractivity contribution in [1.82, 2.24) is 15.5 Å². The Labute approximate surface area is 242 Å². The maximum Gasteiger partial charge on any atom is 0.329 e. The van der Waals surface area contributed by atoms with Gasteiger partial charge in [0.2, 0.25) is 17.7 Å². The van der Waals surface area contributed by atoms with Crippen LogP contribution in [-0.4, -0.2) is 69.9 Å². The van der Waals surface area contributed by atoms with Crippen molar-refractivity contribution in [2.24, 2.45) is 5.92 Å². The molecule has 1 saturated heterocycles. The standard InChI is InChI=1S/C31H45N3O7/c1-4-5-12-20(2)26-19-27(35)33-24(17-22-13-8-6-9-14-22)29(38)32-21(3)30(39)34(23-15-10-7-11-16-23)25(18-28(36)37)31(40)41-26/h6,8-9,13-14,20-21,23-26H,4-5,7,10-12,15-19H2,1-3H3,(H,32,38)(H,33,35)(H,36,37)/t20-,21-,24-,25-,26+/m0/s1. The highest BCUT2D eigenvalue weighted by Gasteiger charge is 2.42. The number of rotatable bonds is 9. The number of hydrogen-bond donors (Lipinski definition) is 3. The largest absolute Gasteiger partial charge is 0.481 e. The molecule has 226 valence electrons. The second kappa shape index (κ2) is 15.5. The van der Waals surface area contributed by atoms with Crippen LogP contribution in [0.5, 0.6) is 0 Å². The Balaban J connectivity index is 2.03. The molecule has 3 rings (SSSR count). The Morgan fingerprint density at radius 1 is 1.07 bits per heavy atom. The molecular weight excluding hydrogens is 526 g/mol. The van der Waals surface area contributed by atoms with Crippen LogP contribution < -0.4 is 10.6 Å². The Morgan fingerprint density at radius 2 is 1.76 bits per heavy atom. The first kappa shape index (κ1) is 32.1. The van der Waals surface area contributed by atoms with Crippen molar-refractivity contribution in [3.05, 3.63) is 35.9 Å². The summed E-state index contributed by atoms with van der Waals surface area (Å²) in [6.45, 7) is 5.46. The van der Waals surface area contributed by atoms with E-state index in [1.165, 1.54) is 11.8 Å². The van der Waals surface area contributed by atoms with E-state index in [1.807, 2.05) is 44.2 Å². The van der Waals surface area contributed by atoms with E-state index in [0.29, 0.717) is 19.3 Å². The van der Waals surface area contributed by atoms with Gasteiger partial charge < -0.3 is 25.4 Å². The second-order valence-electron chi connectivity index (χ2n) is 11.5. The molecule has 1 aliphatic heterocycles. The number of benzene rings is 1. The lowest BCUT2D eigenvalue weighted by Crippen LogP contribution is -2.59. The van der Waals surface area contributed by atoms with Crippen LogP contribution in [-0.2, 0) is 35.1 Å². The SMILES string of the molecule is CCCC[C@H](C)[C@H]1CC(=O)N[C@@H](Cc2ccccc2)C(=O)N[C@@H](C)C(=O)N(C2CCCCC2)[C@@H](CC(=O)O)C(=O)O1. The first-order valence-corrected chi connectivity index (χ1v) is 15.0. The summed E-state index contributed by atoms with van der Waals surface area (Å²) in [4.78, 5) is 67.8. The molecule has 41 heavy (non-hydrogen) atoms. The zero-order chi connectivity index (χ0) is 29.9. The summed E-state index contributed by atoms with van der Waals surface area (Å²) in [7, 11) is 0. The van der Waals surface area contributed by atoms with E-state index in [0.717, 1.165) is 37.7 Å². The molecule has 1 saturated carbocycles. The predicted octanol–water partition coefficient (Wildman–Crippen LogP) is 3.37. The first-order valence-electron chi connectivity index (χ1n) is 15.0. The Kier molecular flexibility index (Phi) is 12.2. The number of aliphatic carboxylic acids is 1. The van der Waals surface area contributed by atoms with Crippen LogP contribution in [0.15, 0.2) is 30.3 Å². The monoisotopic (exact) mass is 571 g/mol. The first-order chi connectivity index (χ1) is 19.6. The topological polar surface area (TPSA) is 142 Å². The normalized spacial score (nSPS) is 26.1. The van der Waals surface area contributed by atoms with E-state index in [1.54, 1.807) is 0 Å². The zero-order valence-corrected chi connectivity index (χ0v) is 24.5. The van der Waals surface area contributed by atoms with Crippen molar-refractivity contribution in [2.45, 2.75) is 122 Å². The van der Waals surface area contributed by atoms with Gasteiger partial charge in [0.05, 0.1) is 12.8 Å². The molecule has 0 radical (unpaired) electrons. The number of amides is 3. The summed E-state index contributed by atoms with van der Waals surface area (Å²) in [6.07, 6.45) is 4.98. The number of carbonyl (C=O) groups is 5. The molecule has 0 bridgehead atoms.